The lowest BCUT2D eigenvalue weighted by molar-refractivity contribution is 0.248. The van der Waals surface area contributed by atoms with Gasteiger partial charge in [0.25, 0.3) is 0 Å². The van der Waals surface area contributed by atoms with Crippen LogP contribution in [0.5, 0.6) is 5.75 Å². The van der Waals surface area contributed by atoms with Gasteiger partial charge in [-0.1, -0.05) is 12.1 Å². The molecule has 0 aliphatic heterocycles. The van der Waals surface area contributed by atoms with Gasteiger partial charge >= 0.3 is 6.03 Å². The lowest BCUT2D eigenvalue weighted by Crippen LogP contribution is -2.28. The molecule has 0 bridgehead atoms. The largest absolute Gasteiger partial charge is 0.494 e. The van der Waals surface area contributed by atoms with Crippen LogP contribution >= 0.6 is 0 Å². The second kappa shape index (κ2) is 5.11. The summed E-state index contributed by atoms with van der Waals surface area (Å²) >= 11 is 0. The highest BCUT2D eigenvalue weighted by Crippen LogP contribution is 2.11. The molecule has 0 saturated carbocycles. The van der Waals surface area contributed by atoms with Crippen molar-refractivity contribution in [3.8, 4) is 5.75 Å². The molecule has 4 heteroatoms. The summed E-state index contributed by atoms with van der Waals surface area (Å²) in [7, 11) is 0. The maximum atomic E-state index is 10.4. The Morgan fingerprint density at radius 3 is 2.57 bits per heavy atom. The van der Waals surface area contributed by atoms with Gasteiger partial charge in [-0.3, -0.25) is 0 Å². The molecular formula is C10H14N2O2. The van der Waals surface area contributed by atoms with Crippen LogP contribution in [0.4, 0.5) is 4.79 Å². The Balaban J connectivity index is 2.50. The van der Waals surface area contributed by atoms with Crippen LogP contribution in [0.15, 0.2) is 24.3 Å². The van der Waals surface area contributed by atoms with E-state index in [-0.39, 0.29) is 0 Å². The predicted molar refractivity (Wildman–Crippen MR) is 54.0 cm³/mol. The van der Waals surface area contributed by atoms with Crippen LogP contribution in [-0.4, -0.2) is 12.6 Å². The van der Waals surface area contributed by atoms with E-state index in [4.69, 9.17) is 10.5 Å². The van der Waals surface area contributed by atoms with E-state index < -0.39 is 6.03 Å². The number of rotatable bonds is 4. The number of benzene rings is 1. The molecule has 0 aliphatic carbocycles. The van der Waals surface area contributed by atoms with E-state index in [1.165, 1.54) is 0 Å². The standard InChI is InChI=1S/C10H14N2O2/c1-2-14-9-5-3-8(4-6-9)7-12-10(11)13/h3-6H,2,7H2,1H3,(H3,11,12,13). The Morgan fingerprint density at radius 1 is 1.43 bits per heavy atom. The minimum absolute atomic E-state index is 0.446. The van der Waals surface area contributed by atoms with Crippen LogP contribution in [-0.2, 0) is 6.54 Å². The van der Waals surface area contributed by atoms with Crippen LogP contribution < -0.4 is 15.8 Å². The first-order chi connectivity index (χ1) is 6.72. The summed E-state index contributed by atoms with van der Waals surface area (Å²) in [6.07, 6.45) is 0. The number of ether oxygens (including phenoxy) is 1. The Morgan fingerprint density at radius 2 is 2.07 bits per heavy atom. The third-order valence-corrected chi connectivity index (χ3v) is 1.70. The fraction of sp³-hybridized carbons (Fsp3) is 0.300. The summed E-state index contributed by atoms with van der Waals surface area (Å²) in [5.41, 5.74) is 5.94. The summed E-state index contributed by atoms with van der Waals surface area (Å²) in [6, 6.07) is 6.99. The van der Waals surface area contributed by atoms with Gasteiger partial charge in [0.05, 0.1) is 6.61 Å². The van der Waals surface area contributed by atoms with E-state index in [0.717, 1.165) is 11.3 Å². The predicted octanol–water partition coefficient (Wildman–Crippen LogP) is 1.25. The van der Waals surface area contributed by atoms with Crippen LogP contribution in [0.3, 0.4) is 0 Å². The number of amides is 2. The van der Waals surface area contributed by atoms with Crippen LogP contribution in [0.2, 0.25) is 0 Å². The number of hydrogen-bond donors (Lipinski definition) is 2. The topological polar surface area (TPSA) is 64.3 Å². The number of hydrogen-bond acceptors (Lipinski definition) is 2. The van der Waals surface area contributed by atoms with Crippen LogP contribution in [0.25, 0.3) is 0 Å². The lowest BCUT2D eigenvalue weighted by Gasteiger charge is -2.05. The molecule has 0 fully saturated rings. The van der Waals surface area contributed by atoms with Gasteiger partial charge in [0.15, 0.2) is 0 Å². The SMILES string of the molecule is CCOc1ccc(CNC(N)=O)cc1. The number of nitrogens with one attached hydrogen (secondary N) is 1. The molecule has 14 heavy (non-hydrogen) atoms. The molecule has 0 heterocycles. The Hall–Kier alpha value is -1.71. The molecule has 76 valence electrons. The molecule has 0 spiro atoms. The van der Waals surface area contributed by atoms with Crippen LogP contribution in [0.1, 0.15) is 12.5 Å². The Labute approximate surface area is 83.1 Å². The maximum Gasteiger partial charge on any atom is 0.312 e. The van der Waals surface area contributed by atoms with Gasteiger partial charge in [-0.05, 0) is 24.6 Å². The van der Waals surface area contributed by atoms with E-state index in [1.54, 1.807) is 0 Å². The minimum atomic E-state index is -0.515. The monoisotopic (exact) mass is 194 g/mol. The molecule has 0 radical (unpaired) electrons. The van der Waals surface area contributed by atoms with Crippen molar-refractivity contribution in [2.24, 2.45) is 5.73 Å². The van der Waals surface area contributed by atoms with Crippen molar-refractivity contribution < 1.29 is 9.53 Å². The highest BCUT2D eigenvalue weighted by atomic mass is 16.5. The molecule has 1 aromatic carbocycles. The van der Waals surface area contributed by atoms with Crippen molar-refractivity contribution in [2.75, 3.05) is 6.61 Å². The fourth-order valence-electron chi connectivity index (χ4n) is 1.06. The van der Waals surface area contributed by atoms with E-state index in [1.807, 2.05) is 31.2 Å². The number of urea groups is 1. The fourth-order valence-corrected chi connectivity index (χ4v) is 1.06. The summed E-state index contributed by atoms with van der Waals surface area (Å²) < 4.78 is 5.27. The van der Waals surface area contributed by atoms with Crippen molar-refractivity contribution in [1.29, 1.82) is 0 Å². The molecule has 0 aromatic heterocycles. The van der Waals surface area contributed by atoms with Crippen molar-refractivity contribution in [2.45, 2.75) is 13.5 Å². The number of primary amides is 1. The van der Waals surface area contributed by atoms with Gasteiger partial charge in [-0.2, -0.15) is 0 Å². The summed E-state index contributed by atoms with van der Waals surface area (Å²) in [4.78, 5) is 10.4. The molecule has 0 aliphatic rings. The molecule has 4 nitrogen and oxygen atoms in total. The van der Waals surface area contributed by atoms with E-state index >= 15 is 0 Å². The molecule has 0 atom stereocenters. The van der Waals surface area contributed by atoms with Gasteiger partial charge in [-0.25, -0.2) is 4.79 Å². The second-order valence-corrected chi connectivity index (χ2v) is 2.79. The third kappa shape index (κ3) is 3.35. The third-order valence-electron chi connectivity index (χ3n) is 1.70. The number of nitrogens with two attached hydrogens (primary N) is 1. The van der Waals surface area contributed by atoms with E-state index in [9.17, 15) is 4.79 Å². The normalized spacial score (nSPS) is 9.50. The van der Waals surface area contributed by atoms with Gasteiger partial charge in [0.2, 0.25) is 0 Å². The number of carbonyl (C=O) groups is 1. The van der Waals surface area contributed by atoms with E-state index in [0.29, 0.717) is 13.2 Å². The molecular weight excluding hydrogens is 180 g/mol. The highest BCUT2D eigenvalue weighted by molar-refractivity contribution is 5.71. The molecule has 3 N–H and O–H groups in total. The van der Waals surface area contributed by atoms with Crippen molar-refractivity contribution >= 4 is 6.03 Å². The number of carbonyl (C=O) groups excluding carboxylic acids is 1. The molecule has 1 rings (SSSR count). The van der Waals surface area contributed by atoms with Crippen molar-refractivity contribution in [3.05, 3.63) is 29.8 Å². The summed E-state index contributed by atoms with van der Waals surface area (Å²) in [5.74, 6) is 0.829. The first kappa shape index (κ1) is 10.4. The molecule has 0 unspecified atom stereocenters. The molecule has 0 saturated heterocycles. The van der Waals surface area contributed by atoms with Crippen molar-refractivity contribution in [3.63, 3.8) is 0 Å². The molecule has 2 amide bonds. The smallest absolute Gasteiger partial charge is 0.312 e. The van der Waals surface area contributed by atoms with Crippen LogP contribution in [0, 0.1) is 0 Å². The van der Waals surface area contributed by atoms with Gasteiger partial charge in [0, 0.05) is 6.54 Å². The summed E-state index contributed by atoms with van der Waals surface area (Å²) in [6.45, 7) is 3.03. The first-order valence-corrected chi connectivity index (χ1v) is 4.47. The van der Waals surface area contributed by atoms with Gasteiger partial charge < -0.3 is 15.8 Å². The second-order valence-electron chi connectivity index (χ2n) is 2.79. The van der Waals surface area contributed by atoms with E-state index in [2.05, 4.69) is 5.32 Å². The van der Waals surface area contributed by atoms with Gasteiger partial charge in [0.1, 0.15) is 5.75 Å². The zero-order chi connectivity index (χ0) is 10.4. The van der Waals surface area contributed by atoms with Gasteiger partial charge in [-0.15, -0.1) is 0 Å². The maximum absolute atomic E-state index is 10.4. The lowest BCUT2D eigenvalue weighted by atomic mass is 10.2. The zero-order valence-corrected chi connectivity index (χ0v) is 8.12. The summed E-state index contributed by atoms with van der Waals surface area (Å²) in [5, 5.41) is 2.51. The average Bonchev–Trinajstić information content (AvgIpc) is 2.17. The first-order valence-electron chi connectivity index (χ1n) is 4.47. The van der Waals surface area contributed by atoms with Crippen molar-refractivity contribution in [1.82, 2.24) is 5.32 Å². The molecule has 1 aromatic rings. The quantitative estimate of drug-likeness (QED) is 0.757. The minimum Gasteiger partial charge on any atom is -0.494 e. The average molecular weight is 194 g/mol. The Bertz CT molecular complexity index is 295. The Kier molecular flexibility index (Phi) is 3.79. The zero-order valence-electron chi connectivity index (χ0n) is 8.12. The highest BCUT2D eigenvalue weighted by Gasteiger charge is 1.95.